The van der Waals surface area contributed by atoms with Crippen LogP contribution in [0.5, 0.6) is 5.75 Å². The Morgan fingerprint density at radius 2 is 2.00 bits per heavy atom. The zero-order chi connectivity index (χ0) is 12.9. The van der Waals surface area contributed by atoms with E-state index in [-0.39, 0.29) is 5.41 Å². The monoisotopic (exact) mass is 271 g/mol. The fraction of sp³-hybridized carbons (Fsp3) is 0.462. The van der Waals surface area contributed by atoms with Crippen LogP contribution in [0, 0.1) is 16.7 Å². The van der Waals surface area contributed by atoms with Gasteiger partial charge in [-0.05, 0) is 38.8 Å². The van der Waals surface area contributed by atoms with Gasteiger partial charge in [0.25, 0.3) is 0 Å². The summed E-state index contributed by atoms with van der Waals surface area (Å²) in [6.45, 7) is 4.42. The molecule has 1 aromatic carbocycles. The maximum atomic E-state index is 8.85. The van der Waals surface area contributed by atoms with Crippen molar-refractivity contribution in [3.05, 3.63) is 28.2 Å². The fourth-order valence-corrected chi connectivity index (χ4v) is 1.61. The van der Waals surface area contributed by atoms with Crippen LogP contribution >= 0.6 is 23.2 Å². The van der Waals surface area contributed by atoms with Crippen LogP contribution in [0.25, 0.3) is 0 Å². The van der Waals surface area contributed by atoms with E-state index in [1.807, 2.05) is 13.8 Å². The number of hydrogen-bond donors (Lipinski definition) is 0. The van der Waals surface area contributed by atoms with Gasteiger partial charge in [0.1, 0.15) is 5.75 Å². The molecule has 0 aliphatic carbocycles. The standard InChI is InChI=1S/C13H15Cl2NO/c1-13(2,9-16)6-3-7-17-10-4-5-11(14)12(15)8-10/h4-5,8H,3,6-7H2,1-2H3. The van der Waals surface area contributed by atoms with Crippen molar-refractivity contribution in [1.82, 2.24) is 0 Å². The lowest BCUT2D eigenvalue weighted by molar-refractivity contribution is 0.284. The first-order valence-electron chi connectivity index (χ1n) is 5.44. The number of halogens is 2. The third-order valence-corrected chi connectivity index (χ3v) is 3.15. The molecule has 1 rings (SSSR count). The molecular formula is C13H15Cl2NO. The second kappa shape index (κ2) is 6.14. The van der Waals surface area contributed by atoms with E-state index in [0.29, 0.717) is 22.4 Å². The predicted molar refractivity (Wildman–Crippen MR) is 70.6 cm³/mol. The highest BCUT2D eigenvalue weighted by Gasteiger charge is 2.15. The molecule has 0 aliphatic heterocycles. The average molecular weight is 272 g/mol. The van der Waals surface area contributed by atoms with E-state index in [0.717, 1.165) is 12.8 Å². The SMILES string of the molecule is CC(C)(C#N)CCCOc1ccc(Cl)c(Cl)c1. The first-order valence-corrected chi connectivity index (χ1v) is 6.19. The predicted octanol–water partition coefficient (Wildman–Crippen LogP) is 4.70. The second-order valence-corrected chi connectivity index (χ2v) is 5.34. The third-order valence-electron chi connectivity index (χ3n) is 2.41. The van der Waals surface area contributed by atoms with Gasteiger partial charge in [-0.3, -0.25) is 0 Å². The summed E-state index contributed by atoms with van der Waals surface area (Å²) in [6, 6.07) is 7.44. The van der Waals surface area contributed by atoms with Gasteiger partial charge in [0.2, 0.25) is 0 Å². The number of ether oxygens (including phenoxy) is 1. The van der Waals surface area contributed by atoms with Gasteiger partial charge in [-0.25, -0.2) is 0 Å². The number of hydrogen-bond acceptors (Lipinski definition) is 2. The summed E-state index contributed by atoms with van der Waals surface area (Å²) < 4.78 is 5.53. The van der Waals surface area contributed by atoms with Gasteiger partial charge in [0, 0.05) is 6.07 Å². The van der Waals surface area contributed by atoms with Crippen molar-refractivity contribution >= 4 is 23.2 Å². The lowest BCUT2D eigenvalue weighted by atomic mass is 9.90. The van der Waals surface area contributed by atoms with Crippen molar-refractivity contribution in [2.24, 2.45) is 5.41 Å². The van der Waals surface area contributed by atoms with Gasteiger partial charge in [0.15, 0.2) is 0 Å². The largest absolute Gasteiger partial charge is 0.494 e. The van der Waals surface area contributed by atoms with Crippen LogP contribution in [0.3, 0.4) is 0 Å². The molecular weight excluding hydrogens is 257 g/mol. The molecule has 0 saturated heterocycles. The van der Waals surface area contributed by atoms with Gasteiger partial charge < -0.3 is 4.74 Å². The molecule has 0 amide bonds. The normalized spacial score (nSPS) is 11.0. The summed E-state index contributed by atoms with van der Waals surface area (Å²) in [6.07, 6.45) is 1.64. The Kier molecular flexibility index (Phi) is 5.11. The van der Waals surface area contributed by atoms with E-state index >= 15 is 0 Å². The highest BCUT2D eigenvalue weighted by Crippen LogP contribution is 2.27. The molecule has 0 N–H and O–H groups in total. The van der Waals surface area contributed by atoms with E-state index in [1.165, 1.54) is 0 Å². The highest BCUT2D eigenvalue weighted by molar-refractivity contribution is 6.42. The van der Waals surface area contributed by atoms with E-state index in [9.17, 15) is 0 Å². The molecule has 4 heteroatoms. The van der Waals surface area contributed by atoms with Crippen molar-refractivity contribution < 1.29 is 4.74 Å². The maximum absolute atomic E-state index is 8.85. The van der Waals surface area contributed by atoms with Gasteiger partial charge in [0.05, 0.1) is 28.1 Å². The smallest absolute Gasteiger partial charge is 0.120 e. The van der Waals surface area contributed by atoms with E-state index < -0.39 is 0 Å². The number of rotatable bonds is 5. The number of nitrogens with zero attached hydrogens (tertiary/aromatic N) is 1. The van der Waals surface area contributed by atoms with Crippen LogP contribution in [0.2, 0.25) is 10.0 Å². The van der Waals surface area contributed by atoms with Crippen LogP contribution in [-0.2, 0) is 0 Å². The Balaban J connectivity index is 2.37. The Hall–Kier alpha value is -0.910. The molecule has 17 heavy (non-hydrogen) atoms. The Morgan fingerprint density at radius 1 is 1.29 bits per heavy atom. The van der Waals surface area contributed by atoms with Crippen LogP contribution in [0.1, 0.15) is 26.7 Å². The molecule has 0 spiro atoms. The summed E-state index contributed by atoms with van der Waals surface area (Å²) in [4.78, 5) is 0. The van der Waals surface area contributed by atoms with Gasteiger partial charge in [-0.1, -0.05) is 23.2 Å². The molecule has 0 unspecified atom stereocenters. The zero-order valence-corrected chi connectivity index (χ0v) is 11.5. The summed E-state index contributed by atoms with van der Waals surface area (Å²) in [5, 5.41) is 9.86. The zero-order valence-electron chi connectivity index (χ0n) is 9.96. The second-order valence-electron chi connectivity index (χ2n) is 4.52. The topological polar surface area (TPSA) is 33.0 Å². The first kappa shape index (κ1) is 14.2. The lowest BCUT2D eigenvalue weighted by Crippen LogP contribution is -2.10. The van der Waals surface area contributed by atoms with Crippen molar-refractivity contribution in [3.8, 4) is 11.8 Å². The minimum atomic E-state index is -0.291. The molecule has 0 aliphatic rings. The van der Waals surface area contributed by atoms with Gasteiger partial charge in [-0.15, -0.1) is 0 Å². The van der Waals surface area contributed by atoms with Crippen molar-refractivity contribution in [2.45, 2.75) is 26.7 Å². The number of benzene rings is 1. The summed E-state index contributed by atoms with van der Waals surface area (Å²) in [5.74, 6) is 0.703. The minimum absolute atomic E-state index is 0.291. The van der Waals surface area contributed by atoms with Crippen molar-refractivity contribution in [3.63, 3.8) is 0 Å². The van der Waals surface area contributed by atoms with Crippen LogP contribution < -0.4 is 4.74 Å². The summed E-state index contributed by atoms with van der Waals surface area (Å²) in [7, 11) is 0. The van der Waals surface area contributed by atoms with Gasteiger partial charge >= 0.3 is 0 Å². The van der Waals surface area contributed by atoms with E-state index in [2.05, 4.69) is 6.07 Å². The quantitative estimate of drug-likeness (QED) is 0.728. The van der Waals surface area contributed by atoms with Crippen molar-refractivity contribution in [1.29, 1.82) is 5.26 Å². The molecule has 1 aromatic rings. The molecule has 0 atom stereocenters. The summed E-state index contributed by atoms with van der Waals surface area (Å²) >= 11 is 11.7. The molecule has 0 aromatic heterocycles. The van der Waals surface area contributed by atoms with E-state index in [1.54, 1.807) is 18.2 Å². The van der Waals surface area contributed by atoms with Crippen molar-refractivity contribution in [2.75, 3.05) is 6.61 Å². The lowest BCUT2D eigenvalue weighted by Gasteiger charge is -2.14. The Labute approximate surface area is 112 Å². The molecule has 0 saturated carbocycles. The molecule has 0 fully saturated rings. The number of nitriles is 1. The average Bonchev–Trinajstić information content (AvgIpc) is 2.29. The fourth-order valence-electron chi connectivity index (χ4n) is 1.33. The first-order chi connectivity index (χ1) is 7.94. The van der Waals surface area contributed by atoms with E-state index in [4.69, 9.17) is 33.2 Å². The van der Waals surface area contributed by atoms with Crippen LogP contribution in [-0.4, -0.2) is 6.61 Å². The third kappa shape index (κ3) is 4.85. The summed E-state index contributed by atoms with van der Waals surface area (Å²) in [5.41, 5.74) is -0.291. The molecule has 0 heterocycles. The molecule has 92 valence electrons. The molecule has 2 nitrogen and oxygen atoms in total. The van der Waals surface area contributed by atoms with Crippen LogP contribution in [0.15, 0.2) is 18.2 Å². The maximum Gasteiger partial charge on any atom is 0.120 e. The minimum Gasteiger partial charge on any atom is -0.494 e. The molecule has 0 radical (unpaired) electrons. The molecule has 0 bridgehead atoms. The van der Waals surface area contributed by atoms with Crippen LogP contribution in [0.4, 0.5) is 0 Å². The Morgan fingerprint density at radius 3 is 2.59 bits per heavy atom. The van der Waals surface area contributed by atoms with Gasteiger partial charge in [-0.2, -0.15) is 5.26 Å². The highest BCUT2D eigenvalue weighted by atomic mass is 35.5. The Bertz CT molecular complexity index is 424.